The third-order valence-corrected chi connectivity index (χ3v) is 2.45. The van der Waals surface area contributed by atoms with E-state index in [2.05, 4.69) is 15.6 Å². The van der Waals surface area contributed by atoms with Crippen molar-refractivity contribution in [3.05, 3.63) is 0 Å². The Labute approximate surface area is 150 Å². The van der Waals surface area contributed by atoms with E-state index in [0.717, 1.165) is 0 Å². The summed E-state index contributed by atoms with van der Waals surface area (Å²) in [6, 6.07) is 0. The van der Waals surface area contributed by atoms with Crippen LogP contribution in [0.15, 0.2) is 4.99 Å². The Hall–Kier alpha value is -1.06. The molecule has 0 fully saturated rings. The quantitative estimate of drug-likeness (QED) is 0.381. The molecule has 130 valence electrons. The van der Waals surface area contributed by atoms with Gasteiger partial charge in [0.05, 0.1) is 6.54 Å². The van der Waals surface area contributed by atoms with Crippen LogP contribution in [0.4, 0.5) is 0 Å². The first-order valence-electron chi connectivity index (χ1n) is 7.07. The second-order valence-corrected chi connectivity index (χ2v) is 6.11. The summed E-state index contributed by atoms with van der Waals surface area (Å²) in [5.41, 5.74) is -0.270. The molecular formula is C14H30IN5O2. The molecular weight excluding hydrogens is 397 g/mol. The molecule has 0 spiro atoms. The normalized spacial score (nSPS) is 11.3. The van der Waals surface area contributed by atoms with Crippen LogP contribution in [0.1, 0.15) is 27.7 Å². The predicted octanol–water partition coefficient (Wildman–Crippen LogP) is 0.505. The topological polar surface area (TPSA) is 77.0 Å². The van der Waals surface area contributed by atoms with Crippen LogP contribution >= 0.6 is 24.0 Å². The van der Waals surface area contributed by atoms with Crippen molar-refractivity contribution in [3.63, 3.8) is 0 Å². The van der Waals surface area contributed by atoms with Crippen molar-refractivity contribution in [1.82, 2.24) is 20.4 Å². The number of carbonyl (C=O) groups is 2. The van der Waals surface area contributed by atoms with Gasteiger partial charge in [-0.1, -0.05) is 0 Å². The zero-order valence-corrected chi connectivity index (χ0v) is 17.0. The zero-order valence-electron chi connectivity index (χ0n) is 14.7. The highest BCUT2D eigenvalue weighted by Crippen LogP contribution is 1.98. The number of nitrogens with zero attached hydrogens (tertiary/aromatic N) is 3. The lowest BCUT2D eigenvalue weighted by Gasteiger charge is -2.25. The molecule has 0 bridgehead atoms. The van der Waals surface area contributed by atoms with Crippen LogP contribution in [0.5, 0.6) is 0 Å². The van der Waals surface area contributed by atoms with E-state index in [1.54, 1.807) is 26.0 Å². The summed E-state index contributed by atoms with van der Waals surface area (Å²) in [5.74, 6) is 0.365. The smallest absolute Gasteiger partial charge is 0.243 e. The number of likely N-dealkylation sites (N-methyl/N-ethyl adjacent to an activating group) is 2. The molecule has 22 heavy (non-hydrogen) atoms. The minimum absolute atomic E-state index is 0. The van der Waals surface area contributed by atoms with Crippen molar-refractivity contribution < 1.29 is 9.59 Å². The van der Waals surface area contributed by atoms with E-state index in [9.17, 15) is 9.59 Å². The fraction of sp³-hybridized carbons (Fsp3) is 0.786. The van der Waals surface area contributed by atoms with Crippen molar-refractivity contribution in [2.24, 2.45) is 4.99 Å². The van der Waals surface area contributed by atoms with Gasteiger partial charge >= 0.3 is 0 Å². The Balaban J connectivity index is 0. The largest absolute Gasteiger partial charge is 0.356 e. The fourth-order valence-corrected chi connectivity index (χ4v) is 1.50. The van der Waals surface area contributed by atoms with E-state index in [4.69, 9.17) is 0 Å². The standard InChI is InChI=1S/C14H29N5O2.HI/c1-8-15-13(16-9-12(21)18(5)6)19(7)10-11(20)17-14(2,3)4;/h8-10H2,1-7H3,(H,15,16)(H,17,20);1H. The third-order valence-electron chi connectivity index (χ3n) is 2.45. The lowest BCUT2D eigenvalue weighted by Crippen LogP contribution is -2.49. The summed E-state index contributed by atoms with van der Waals surface area (Å²) in [4.78, 5) is 30.9. The summed E-state index contributed by atoms with van der Waals surface area (Å²) in [7, 11) is 5.14. The Bertz CT molecular complexity index is 391. The molecule has 0 aromatic carbocycles. The monoisotopic (exact) mass is 427 g/mol. The minimum atomic E-state index is -0.270. The van der Waals surface area contributed by atoms with Crippen LogP contribution in [-0.2, 0) is 9.59 Å². The number of hydrogen-bond donors (Lipinski definition) is 2. The number of aliphatic imine (C=N–C) groups is 1. The van der Waals surface area contributed by atoms with E-state index >= 15 is 0 Å². The first-order valence-corrected chi connectivity index (χ1v) is 7.07. The Morgan fingerprint density at radius 3 is 2.09 bits per heavy atom. The molecule has 0 aliphatic rings. The first-order chi connectivity index (χ1) is 9.56. The molecule has 2 amide bonds. The third kappa shape index (κ3) is 10.6. The summed E-state index contributed by atoms with van der Waals surface area (Å²) >= 11 is 0. The van der Waals surface area contributed by atoms with Gasteiger partial charge in [0.1, 0.15) is 6.54 Å². The average Bonchev–Trinajstić information content (AvgIpc) is 2.30. The Kier molecular flexibility index (Phi) is 11.2. The van der Waals surface area contributed by atoms with Gasteiger partial charge in [0, 0.05) is 33.2 Å². The molecule has 0 saturated carbocycles. The fourth-order valence-electron chi connectivity index (χ4n) is 1.50. The average molecular weight is 427 g/mol. The number of rotatable bonds is 5. The molecule has 0 aromatic heterocycles. The van der Waals surface area contributed by atoms with Crippen molar-refractivity contribution >= 4 is 41.8 Å². The maximum absolute atomic E-state index is 11.9. The lowest BCUT2D eigenvalue weighted by atomic mass is 10.1. The number of halogens is 1. The van der Waals surface area contributed by atoms with Gasteiger partial charge in [0.25, 0.3) is 0 Å². The molecule has 0 saturated heterocycles. The predicted molar refractivity (Wildman–Crippen MR) is 101 cm³/mol. The number of guanidine groups is 1. The van der Waals surface area contributed by atoms with Crippen LogP contribution in [-0.4, -0.2) is 73.9 Å². The van der Waals surface area contributed by atoms with Gasteiger partial charge < -0.3 is 20.4 Å². The molecule has 7 nitrogen and oxygen atoms in total. The summed E-state index contributed by atoms with van der Waals surface area (Å²) in [5, 5.41) is 5.96. The van der Waals surface area contributed by atoms with Gasteiger partial charge in [-0.3, -0.25) is 9.59 Å². The molecule has 0 aliphatic carbocycles. The highest BCUT2D eigenvalue weighted by Gasteiger charge is 2.17. The highest BCUT2D eigenvalue weighted by atomic mass is 127. The molecule has 0 heterocycles. The number of hydrogen-bond acceptors (Lipinski definition) is 3. The summed E-state index contributed by atoms with van der Waals surface area (Å²) < 4.78 is 0. The van der Waals surface area contributed by atoms with Gasteiger partial charge in [-0.05, 0) is 27.7 Å². The lowest BCUT2D eigenvalue weighted by molar-refractivity contribution is -0.127. The van der Waals surface area contributed by atoms with E-state index in [-0.39, 0.29) is 54.4 Å². The molecule has 2 N–H and O–H groups in total. The molecule has 0 radical (unpaired) electrons. The van der Waals surface area contributed by atoms with Crippen molar-refractivity contribution in [2.75, 3.05) is 40.8 Å². The van der Waals surface area contributed by atoms with Crippen LogP contribution in [0.3, 0.4) is 0 Å². The molecule has 0 atom stereocenters. The van der Waals surface area contributed by atoms with E-state index in [1.165, 1.54) is 4.90 Å². The van der Waals surface area contributed by atoms with Gasteiger partial charge in [-0.25, -0.2) is 4.99 Å². The summed E-state index contributed by atoms with van der Waals surface area (Å²) in [6.07, 6.45) is 0. The second-order valence-electron chi connectivity index (χ2n) is 6.11. The Morgan fingerprint density at radius 2 is 1.68 bits per heavy atom. The molecule has 0 aliphatic heterocycles. The molecule has 0 rings (SSSR count). The number of amides is 2. The van der Waals surface area contributed by atoms with Crippen molar-refractivity contribution in [3.8, 4) is 0 Å². The zero-order chi connectivity index (χ0) is 16.6. The second kappa shape index (κ2) is 10.6. The van der Waals surface area contributed by atoms with E-state index in [1.807, 2.05) is 27.7 Å². The molecule has 8 heteroatoms. The van der Waals surface area contributed by atoms with Gasteiger partial charge in [0.15, 0.2) is 5.96 Å². The molecule has 0 aromatic rings. The maximum atomic E-state index is 11.9. The van der Waals surface area contributed by atoms with Gasteiger partial charge in [-0.15, -0.1) is 24.0 Å². The minimum Gasteiger partial charge on any atom is -0.356 e. The summed E-state index contributed by atoms with van der Waals surface area (Å²) in [6.45, 7) is 8.63. The SMILES string of the molecule is CCNC(=NCC(=O)N(C)C)N(C)CC(=O)NC(C)(C)C.I. The number of carbonyl (C=O) groups excluding carboxylic acids is 2. The maximum Gasteiger partial charge on any atom is 0.243 e. The first kappa shape index (κ1) is 23.2. The Morgan fingerprint density at radius 1 is 1.14 bits per heavy atom. The number of nitrogens with one attached hydrogen (secondary N) is 2. The van der Waals surface area contributed by atoms with Crippen LogP contribution in [0.25, 0.3) is 0 Å². The van der Waals surface area contributed by atoms with Crippen LogP contribution in [0, 0.1) is 0 Å². The van der Waals surface area contributed by atoms with Crippen molar-refractivity contribution in [1.29, 1.82) is 0 Å². The highest BCUT2D eigenvalue weighted by molar-refractivity contribution is 14.0. The van der Waals surface area contributed by atoms with Gasteiger partial charge in [0.2, 0.25) is 11.8 Å². The van der Waals surface area contributed by atoms with Crippen LogP contribution < -0.4 is 10.6 Å². The van der Waals surface area contributed by atoms with E-state index < -0.39 is 0 Å². The van der Waals surface area contributed by atoms with E-state index in [0.29, 0.717) is 12.5 Å². The van der Waals surface area contributed by atoms with Gasteiger partial charge in [-0.2, -0.15) is 0 Å². The van der Waals surface area contributed by atoms with Crippen molar-refractivity contribution in [2.45, 2.75) is 33.2 Å². The molecule has 0 unspecified atom stereocenters. The van der Waals surface area contributed by atoms with Crippen LogP contribution in [0.2, 0.25) is 0 Å².